The van der Waals surface area contributed by atoms with Crippen LogP contribution in [0.2, 0.25) is 0 Å². The van der Waals surface area contributed by atoms with Crippen molar-refractivity contribution in [3.05, 3.63) is 36.0 Å². The van der Waals surface area contributed by atoms with Crippen molar-refractivity contribution in [3.8, 4) is 0 Å². The van der Waals surface area contributed by atoms with Crippen LogP contribution in [0.1, 0.15) is 24.8 Å². The molecule has 2 fully saturated rings. The number of nitrogens with zero attached hydrogens (tertiary/aromatic N) is 2. The number of aryl methyl sites for hydroxylation is 1. The third kappa shape index (κ3) is 2.71. The van der Waals surface area contributed by atoms with Crippen LogP contribution in [-0.2, 0) is 10.0 Å². The molecule has 2 atom stereocenters. The van der Waals surface area contributed by atoms with Gasteiger partial charge in [0.15, 0.2) is 0 Å². The molecule has 0 amide bonds. The van der Waals surface area contributed by atoms with Crippen LogP contribution in [0.15, 0.2) is 35.4 Å². The molecule has 0 spiro atoms. The molecule has 24 heavy (non-hydrogen) atoms. The first-order valence-electron chi connectivity index (χ1n) is 8.17. The van der Waals surface area contributed by atoms with Crippen LogP contribution in [0.4, 0.5) is 0 Å². The first-order chi connectivity index (χ1) is 11.1. The molecular weight excluding hydrogens is 346 g/mol. The van der Waals surface area contributed by atoms with Gasteiger partial charge in [-0.05, 0) is 56.5 Å². The van der Waals surface area contributed by atoms with Crippen molar-refractivity contribution in [1.29, 1.82) is 0 Å². The molecule has 1 aromatic heterocycles. The van der Waals surface area contributed by atoms with Gasteiger partial charge in [0.2, 0.25) is 10.0 Å². The number of hydrogen-bond donors (Lipinski definition) is 1. The van der Waals surface area contributed by atoms with Gasteiger partial charge in [-0.15, -0.1) is 12.4 Å². The molecule has 2 aromatic rings. The highest BCUT2D eigenvalue weighted by Gasteiger charge is 2.43. The van der Waals surface area contributed by atoms with Crippen molar-refractivity contribution < 1.29 is 8.42 Å². The summed E-state index contributed by atoms with van der Waals surface area (Å²) in [4.78, 5) is 4.77. The fourth-order valence-electron chi connectivity index (χ4n) is 3.96. The van der Waals surface area contributed by atoms with Crippen LogP contribution in [0, 0.1) is 6.92 Å². The Bertz CT molecular complexity index is 842. The molecule has 3 heterocycles. The Morgan fingerprint density at radius 2 is 1.96 bits per heavy atom. The molecule has 0 saturated carbocycles. The van der Waals surface area contributed by atoms with E-state index in [2.05, 4.69) is 10.3 Å². The maximum Gasteiger partial charge on any atom is 0.244 e. The Kier molecular flexibility index (Phi) is 4.84. The van der Waals surface area contributed by atoms with Gasteiger partial charge >= 0.3 is 0 Å². The molecule has 5 nitrogen and oxygen atoms in total. The van der Waals surface area contributed by atoms with Gasteiger partial charge in [0.25, 0.3) is 0 Å². The van der Waals surface area contributed by atoms with Gasteiger partial charge in [-0.1, -0.05) is 6.07 Å². The highest BCUT2D eigenvalue weighted by Crippen LogP contribution is 2.36. The quantitative estimate of drug-likeness (QED) is 0.885. The van der Waals surface area contributed by atoms with E-state index in [9.17, 15) is 8.42 Å². The zero-order chi connectivity index (χ0) is 16.0. The average molecular weight is 368 g/mol. The number of halogens is 1. The van der Waals surface area contributed by atoms with Gasteiger partial charge in [-0.2, -0.15) is 4.31 Å². The van der Waals surface area contributed by atoms with Crippen molar-refractivity contribution in [2.24, 2.45) is 0 Å². The summed E-state index contributed by atoms with van der Waals surface area (Å²) in [6.07, 6.45) is 4.51. The largest absolute Gasteiger partial charge is 0.315 e. The van der Waals surface area contributed by atoms with Crippen LogP contribution >= 0.6 is 12.4 Å². The Morgan fingerprint density at radius 1 is 1.17 bits per heavy atom. The predicted octanol–water partition coefficient (Wildman–Crippen LogP) is 2.48. The second kappa shape index (κ2) is 6.59. The van der Waals surface area contributed by atoms with Crippen molar-refractivity contribution >= 4 is 33.3 Å². The third-order valence-corrected chi connectivity index (χ3v) is 7.14. The zero-order valence-corrected chi connectivity index (χ0v) is 15.2. The molecule has 2 bridgehead atoms. The fourth-order valence-corrected chi connectivity index (χ4v) is 6.04. The number of rotatable bonds is 2. The summed E-state index contributed by atoms with van der Waals surface area (Å²) in [5.41, 5.74) is 1.77. The van der Waals surface area contributed by atoms with Crippen LogP contribution in [-0.4, -0.2) is 42.9 Å². The van der Waals surface area contributed by atoms with E-state index in [0.29, 0.717) is 4.90 Å². The molecule has 2 saturated heterocycles. The number of nitrogens with one attached hydrogen (secondary N) is 1. The molecule has 0 aliphatic carbocycles. The van der Waals surface area contributed by atoms with Gasteiger partial charge in [0.1, 0.15) is 0 Å². The minimum absolute atomic E-state index is 0. The topological polar surface area (TPSA) is 62.3 Å². The smallest absolute Gasteiger partial charge is 0.244 e. The maximum atomic E-state index is 13.4. The van der Waals surface area contributed by atoms with Gasteiger partial charge in [0, 0.05) is 30.2 Å². The summed E-state index contributed by atoms with van der Waals surface area (Å²) in [6, 6.07) is 7.46. The molecule has 2 unspecified atom stereocenters. The Hall–Kier alpha value is -1.21. The first-order valence-corrected chi connectivity index (χ1v) is 9.61. The highest BCUT2D eigenvalue weighted by atomic mass is 35.5. The molecular formula is C17H22ClN3O2S. The van der Waals surface area contributed by atoms with Gasteiger partial charge in [-0.3, -0.25) is 4.98 Å². The normalized spacial score (nSPS) is 24.5. The van der Waals surface area contributed by atoms with Gasteiger partial charge in [0.05, 0.1) is 10.4 Å². The Balaban J connectivity index is 0.00000169. The van der Waals surface area contributed by atoms with E-state index in [1.54, 1.807) is 22.6 Å². The first kappa shape index (κ1) is 17.6. The van der Waals surface area contributed by atoms with Crippen LogP contribution < -0.4 is 5.32 Å². The fraction of sp³-hybridized carbons (Fsp3) is 0.471. The van der Waals surface area contributed by atoms with E-state index in [-0.39, 0.29) is 24.5 Å². The molecule has 4 rings (SSSR count). The minimum atomic E-state index is -3.51. The summed E-state index contributed by atoms with van der Waals surface area (Å²) in [7, 11) is -3.51. The number of pyridine rings is 1. The van der Waals surface area contributed by atoms with Crippen LogP contribution in [0.5, 0.6) is 0 Å². The number of hydrogen-bond acceptors (Lipinski definition) is 4. The lowest BCUT2D eigenvalue weighted by Gasteiger charge is -2.27. The SMILES string of the molecule is Cc1ccc(S(=O)(=O)N2C3CCNCC2CC3)c2cccnc12.Cl. The number of aromatic nitrogens is 1. The van der Waals surface area contributed by atoms with E-state index in [0.717, 1.165) is 48.8 Å². The summed E-state index contributed by atoms with van der Waals surface area (Å²) >= 11 is 0. The molecule has 0 radical (unpaired) electrons. The molecule has 2 aliphatic rings. The lowest BCUT2D eigenvalue weighted by Crippen LogP contribution is -2.42. The second-order valence-electron chi connectivity index (χ2n) is 6.49. The molecule has 1 aromatic carbocycles. The van der Waals surface area contributed by atoms with Crippen molar-refractivity contribution in [2.75, 3.05) is 13.1 Å². The number of sulfonamides is 1. The van der Waals surface area contributed by atoms with Crippen molar-refractivity contribution in [3.63, 3.8) is 0 Å². The third-order valence-electron chi connectivity index (χ3n) is 5.07. The number of benzene rings is 1. The summed E-state index contributed by atoms with van der Waals surface area (Å²) in [5.74, 6) is 0. The number of fused-ring (bicyclic) bond motifs is 3. The summed E-state index contributed by atoms with van der Waals surface area (Å²) in [6.45, 7) is 3.60. The Morgan fingerprint density at radius 3 is 2.79 bits per heavy atom. The zero-order valence-electron chi connectivity index (χ0n) is 13.6. The van der Waals surface area contributed by atoms with Crippen molar-refractivity contribution in [1.82, 2.24) is 14.6 Å². The lowest BCUT2D eigenvalue weighted by molar-refractivity contribution is 0.335. The van der Waals surface area contributed by atoms with Crippen LogP contribution in [0.3, 0.4) is 0 Å². The van der Waals surface area contributed by atoms with Crippen LogP contribution in [0.25, 0.3) is 10.9 Å². The molecule has 130 valence electrons. The van der Waals surface area contributed by atoms with Crippen molar-refractivity contribution in [2.45, 2.75) is 43.2 Å². The Labute approximate surface area is 148 Å². The van der Waals surface area contributed by atoms with E-state index >= 15 is 0 Å². The van der Waals surface area contributed by atoms with E-state index in [1.807, 2.05) is 19.1 Å². The van der Waals surface area contributed by atoms with E-state index in [4.69, 9.17) is 0 Å². The summed E-state index contributed by atoms with van der Waals surface area (Å²) < 4.78 is 28.6. The molecule has 1 N–H and O–H groups in total. The molecule has 7 heteroatoms. The maximum absolute atomic E-state index is 13.4. The predicted molar refractivity (Wildman–Crippen MR) is 97.0 cm³/mol. The monoisotopic (exact) mass is 367 g/mol. The standard InChI is InChI=1S/C17H21N3O2S.ClH/c1-12-4-7-16(15-3-2-9-19-17(12)15)23(21,22)20-13-5-6-14(20)11-18-10-8-13;/h2-4,7,9,13-14,18H,5-6,8,10-11H2,1H3;1H. The van der Waals surface area contributed by atoms with Gasteiger partial charge < -0.3 is 5.32 Å². The molecule has 2 aliphatic heterocycles. The lowest BCUT2D eigenvalue weighted by atomic mass is 10.1. The minimum Gasteiger partial charge on any atom is -0.315 e. The second-order valence-corrected chi connectivity index (χ2v) is 8.30. The van der Waals surface area contributed by atoms with E-state index in [1.165, 1.54) is 0 Å². The van der Waals surface area contributed by atoms with E-state index < -0.39 is 10.0 Å². The highest BCUT2D eigenvalue weighted by molar-refractivity contribution is 7.89. The average Bonchev–Trinajstić information content (AvgIpc) is 2.81. The summed E-state index contributed by atoms with van der Waals surface area (Å²) in [5, 5.41) is 4.09. The van der Waals surface area contributed by atoms with Gasteiger partial charge in [-0.25, -0.2) is 8.42 Å².